The maximum atomic E-state index is 11.2. The molecule has 1 unspecified atom stereocenters. The molecule has 1 aromatic carbocycles. The van der Waals surface area contributed by atoms with Gasteiger partial charge in [0.25, 0.3) is 0 Å². The molecule has 0 aromatic heterocycles. The highest BCUT2D eigenvalue weighted by molar-refractivity contribution is 5.99. The summed E-state index contributed by atoms with van der Waals surface area (Å²) in [6.45, 7) is 6.41. The van der Waals surface area contributed by atoms with Crippen LogP contribution in [0.4, 0.5) is 5.69 Å². The quantitative estimate of drug-likeness (QED) is 0.817. The van der Waals surface area contributed by atoms with Crippen LogP contribution in [0.5, 0.6) is 0 Å². The lowest BCUT2D eigenvalue weighted by Crippen LogP contribution is -2.26. The molecule has 1 atom stereocenters. The van der Waals surface area contributed by atoms with Gasteiger partial charge in [0.05, 0.1) is 6.42 Å². The van der Waals surface area contributed by atoms with Gasteiger partial charge in [0.1, 0.15) is 0 Å². The van der Waals surface area contributed by atoms with Gasteiger partial charge in [-0.25, -0.2) is 0 Å². The molecule has 1 aromatic rings. The Hall–Kier alpha value is -1.35. The summed E-state index contributed by atoms with van der Waals surface area (Å²) >= 11 is 0. The maximum absolute atomic E-state index is 11.2. The van der Waals surface area contributed by atoms with Gasteiger partial charge >= 0.3 is 0 Å². The molecule has 3 nitrogen and oxygen atoms in total. The number of nitrogens with one attached hydrogen (secondary N) is 2. The Balaban J connectivity index is 2.19. The number of carbonyl (C=O) groups excluding carboxylic acids is 1. The first-order valence-electron chi connectivity index (χ1n) is 5.75. The minimum atomic E-state index is 0.0941. The molecule has 0 saturated heterocycles. The fourth-order valence-corrected chi connectivity index (χ4v) is 2.11. The van der Waals surface area contributed by atoms with Crippen molar-refractivity contribution in [2.75, 3.05) is 5.32 Å². The van der Waals surface area contributed by atoms with Crippen LogP contribution in [0.3, 0.4) is 0 Å². The topological polar surface area (TPSA) is 41.1 Å². The lowest BCUT2D eigenvalue weighted by atomic mass is 10.0. The number of fused-ring (bicyclic) bond motifs is 1. The van der Waals surface area contributed by atoms with Crippen LogP contribution in [-0.2, 0) is 11.2 Å². The summed E-state index contributed by atoms with van der Waals surface area (Å²) < 4.78 is 0. The van der Waals surface area contributed by atoms with Crippen LogP contribution < -0.4 is 10.6 Å². The van der Waals surface area contributed by atoms with Crippen LogP contribution >= 0.6 is 0 Å². The van der Waals surface area contributed by atoms with Crippen molar-refractivity contribution in [1.29, 1.82) is 0 Å². The van der Waals surface area contributed by atoms with Gasteiger partial charge in [-0.3, -0.25) is 4.79 Å². The van der Waals surface area contributed by atoms with Crippen LogP contribution in [0.1, 0.15) is 37.9 Å². The van der Waals surface area contributed by atoms with E-state index in [1.807, 2.05) is 6.07 Å². The third-order valence-corrected chi connectivity index (χ3v) is 2.84. The molecule has 0 bridgehead atoms. The van der Waals surface area contributed by atoms with Crippen LogP contribution in [0, 0.1) is 0 Å². The smallest absolute Gasteiger partial charge is 0.228 e. The largest absolute Gasteiger partial charge is 0.326 e. The molecule has 16 heavy (non-hydrogen) atoms. The van der Waals surface area contributed by atoms with E-state index < -0.39 is 0 Å². The molecular weight excluding hydrogens is 200 g/mol. The van der Waals surface area contributed by atoms with Gasteiger partial charge < -0.3 is 10.6 Å². The highest BCUT2D eigenvalue weighted by Gasteiger charge is 2.18. The Kier molecular flexibility index (Phi) is 2.97. The first-order chi connectivity index (χ1) is 7.56. The van der Waals surface area contributed by atoms with E-state index in [1.54, 1.807) is 0 Å². The summed E-state index contributed by atoms with van der Waals surface area (Å²) in [5.41, 5.74) is 3.31. The number of benzene rings is 1. The van der Waals surface area contributed by atoms with Gasteiger partial charge in [0, 0.05) is 17.8 Å². The van der Waals surface area contributed by atoms with Gasteiger partial charge in [0.2, 0.25) is 5.91 Å². The lowest BCUT2D eigenvalue weighted by molar-refractivity contribution is -0.115. The molecule has 0 radical (unpaired) electrons. The molecule has 1 amide bonds. The monoisotopic (exact) mass is 218 g/mol. The van der Waals surface area contributed by atoms with Gasteiger partial charge in [-0.1, -0.05) is 26.0 Å². The first-order valence-corrected chi connectivity index (χ1v) is 5.75. The molecule has 1 heterocycles. The van der Waals surface area contributed by atoms with E-state index in [9.17, 15) is 4.79 Å². The van der Waals surface area contributed by atoms with Crippen molar-refractivity contribution >= 4 is 11.6 Å². The van der Waals surface area contributed by atoms with E-state index in [0.717, 1.165) is 11.3 Å². The van der Waals surface area contributed by atoms with Crippen molar-refractivity contribution in [3.05, 3.63) is 29.3 Å². The normalized spacial score (nSPS) is 16.1. The minimum absolute atomic E-state index is 0.0941. The van der Waals surface area contributed by atoms with Crippen LogP contribution in [0.2, 0.25) is 0 Å². The summed E-state index contributed by atoms with van der Waals surface area (Å²) in [6.07, 6.45) is 0.511. The fourth-order valence-electron chi connectivity index (χ4n) is 2.11. The van der Waals surface area contributed by atoms with E-state index in [0.29, 0.717) is 18.5 Å². The van der Waals surface area contributed by atoms with Gasteiger partial charge in [0.15, 0.2) is 0 Å². The van der Waals surface area contributed by atoms with Gasteiger partial charge in [-0.2, -0.15) is 0 Å². The van der Waals surface area contributed by atoms with Gasteiger partial charge in [-0.15, -0.1) is 0 Å². The Morgan fingerprint density at radius 3 is 2.75 bits per heavy atom. The average molecular weight is 218 g/mol. The van der Waals surface area contributed by atoms with Crippen LogP contribution in [0.25, 0.3) is 0 Å². The second-order valence-corrected chi connectivity index (χ2v) is 4.68. The Labute approximate surface area is 96.2 Å². The van der Waals surface area contributed by atoms with E-state index in [1.165, 1.54) is 5.56 Å². The minimum Gasteiger partial charge on any atom is -0.326 e. The van der Waals surface area contributed by atoms with E-state index in [-0.39, 0.29) is 5.91 Å². The molecule has 0 spiro atoms. The number of rotatable bonds is 3. The number of anilines is 1. The standard InChI is InChI=1S/C13H18N2O/c1-8(2)14-9(3)10-4-5-12-11(6-10)7-13(16)15-12/h4-6,8-9,14H,7H2,1-3H3,(H,15,16). The first kappa shape index (κ1) is 11.1. The summed E-state index contributed by atoms with van der Waals surface area (Å²) in [6, 6.07) is 6.97. The fraction of sp³-hybridized carbons (Fsp3) is 0.462. The maximum Gasteiger partial charge on any atom is 0.228 e. The molecule has 0 aliphatic carbocycles. The van der Waals surface area contributed by atoms with Crippen LogP contribution in [0.15, 0.2) is 18.2 Å². The van der Waals surface area contributed by atoms with Crippen molar-refractivity contribution in [2.45, 2.75) is 39.3 Å². The Morgan fingerprint density at radius 1 is 1.31 bits per heavy atom. The third-order valence-electron chi connectivity index (χ3n) is 2.84. The van der Waals surface area contributed by atoms with E-state index >= 15 is 0 Å². The molecule has 86 valence electrons. The number of hydrogen-bond donors (Lipinski definition) is 2. The molecule has 2 rings (SSSR count). The number of amides is 1. The molecule has 1 aliphatic heterocycles. The molecule has 1 aliphatic rings. The highest BCUT2D eigenvalue weighted by atomic mass is 16.1. The number of hydrogen-bond acceptors (Lipinski definition) is 2. The Bertz CT molecular complexity index is 412. The van der Waals surface area contributed by atoms with Gasteiger partial charge in [-0.05, 0) is 24.1 Å². The second kappa shape index (κ2) is 4.26. The highest BCUT2D eigenvalue weighted by Crippen LogP contribution is 2.26. The summed E-state index contributed by atoms with van der Waals surface area (Å²) in [5.74, 6) is 0.0941. The second-order valence-electron chi connectivity index (χ2n) is 4.68. The average Bonchev–Trinajstić information content (AvgIpc) is 2.55. The van der Waals surface area contributed by atoms with Crippen molar-refractivity contribution in [2.24, 2.45) is 0 Å². The Morgan fingerprint density at radius 2 is 2.06 bits per heavy atom. The van der Waals surface area contributed by atoms with Crippen molar-refractivity contribution in [3.8, 4) is 0 Å². The zero-order valence-electron chi connectivity index (χ0n) is 10.0. The summed E-state index contributed by atoms with van der Waals surface area (Å²) in [7, 11) is 0. The van der Waals surface area contributed by atoms with Crippen LogP contribution in [-0.4, -0.2) is 11.9 Å². The third kappa shape index (κ3) is 2.25. The molecular formula is C13H18N2O. The molecule has 3 heteroatoms. The summed E-state index contributed by atoms with van der Waals surface area (Å²) in [4.78, 5) is 11.2. The molecule has 0 fully saturated rings. The number of carbonyl (C=O) groups is 1. The van der Waals surface area contributed by atoms with Crippen molar-refractivity contribution in [3.63, 3.8) is 0 Å². The van der Waals surface area contributed by atoms with Crippen molar-refractivity contribution in [1.82, 2.24) is 5.32 Å². The predicted molar refractivity (Wildman–Crippen MR) is 65.5 cm³/mol. The lowest BCUT2D eigenvalue weighted by Gasteiger charge is -2.17. The zero-order chi connectivity index (χ0) is 11.7. The van der Waals surface area contributed by atoms with Crippen molar-refractivity contribution < 1.29 is 4.79 Å². The molecule has 0 saturated carbocycles. The molecule has 2 N–H and O–H groups in total. The predicted octanol–water partition coefficient (Wildman–Crippen LogP) is 2.24. The summed E-state index contributed by atoms with van der Waals surface area (Å²) in [5, 5.41) is 6.30. The van der Waals surface area contributed by atoms with E-state index in [4.69, 9.17) is 0 Å². The zero-order valence-corrected chi connectivity index (χ0v) is 10.0. The van der Waals surface area contributed by atoms with E-state index in [2.05, 4.69) is 43.5 Å². The SMILES string of the molecule is CC(C)NC(C)c1ccc2c(c1)CC(=O)N2.